The van der Waals surface area contributed by atoms with E-state index in [1.807, 2.05) is 51.1 Å². The van der Waals surface area contributed by atoms with Gasteiger partial charge in [0, 0.05) is 36.0 Å². The van der Waals surface area contributed by atoms with E-state index in [-0.39, 0.29) is 5.78 Å². The van der Waals surface area contributed by atoms with E-state index in [4.69, 9.17) is 9.47 Å². The van der Waals surface area contributed by atoms with Crippen molar-refractivity contribution in [2.24, 2.45) is 0 Å². The van der Waals surface area contributed by atoms with Crippen molar-refractivity contribution in [3.05, 3.63) is 65.5 Å². The van der Waals surface area contributed by atoms with Crippen molar-refractivity contribution < 1.29 is 19.1 Å². The summed E-state index contributed by atoms with van der Waals surface area (Å²) in [4.78, 5) is 29.8. The van der Waals surface area contributed by atoms with Crippen molar-refractivity contribution in [2.75, 3.05) is 18.7 Å². The summed E-state index contributed by atoms with van der Waals surface area (Å²) in [6.07, 6.45) is 3.59. The quantitative estimate of drug-likeness (QED) is 0.636. The second kappa shape index (κ2) is 7.91. The van der Waals surface area contributed by atoms with Crippen molar-refractivity contribution in [2.45, 2.75) is 32.8 Å². The van der Waals surface area contributed by atoms with Gasteiger partial charge < -0.3 is 9.47 Å². The van der Waals surface area contributed by atoms with Crippen LogP contribution in [0.25, 0.3) is 10.8 Å². The lowest BCUT2D eigenvalue weighted by Gasteiger charge is -2.25. The number of ether oxygens (including phenoxy) is 2. The van der Waals surface area contributed by atoms with Crippen LogP contribution in [0.15, 0.2) is 48.8 Å². The third-order valence-corrected chi connectivity index (χ3v) is 5.09. The van der Waals surface area contributed by atoms with Gasteiger partial charge in [-0.05, 0) is 50.3 Å². The molecule has 1 aromatic heterocycles. The molecule has 1 aliphatic heterocycles. The molecule has 1 N–H and O–H groups in total. The van der Waals surface area contributed by atoms with Crippen molar-refractivity contribution in [1.82, 2.24) is 10.4 Å². The minimum atomic E-state index is -0.589. The van der Waals surface area contributed by atoms with Crippen LogP contribution in [0.2, 0.25) is 0 Å². The number of hydrogen-bond acceptors (Lipinski definition) is 6. The lowest BCUT2D eigenvalue weighted by atomic mass is 9.96. The number of carbonyl (C=O) groups is 2. The SMILES string of the molecule is COc1cc2c(cc1C(=O)c1cccc3cnccc13)CCN2NC(=O)OC(C)(C)C. The van der Waals surface area contributed by atoms with E-state index in [0.717, 1.165) is 22.0 Å². The zero-order valence-corrected chi connectivity index (χ0v) is 18.1. The fourth-order valence-corrected chi connectivity index (χ4v) is 3.76. The highest BCUT2D eigenvalue weighted by Gasteiger charge is 2.27. The molecule has 2 aromatic carbocycles. The molecule has 0 fully saturated rings. The molecular formula is C24H25N3O4. The summed E-state index contributed by atoms with van der Waals surface area (Å²) in [5.41, 5.74) is 5.02. The summed E-state index contributed by atoms with van der Waals surface area (Å²) in [5, 5.41) is 3.48. The predicted octanol–water partition coefficient (Wildman–Crippen LogP) is 4.28. The highest BCUT2D eigenvalue weighted by atomic mass is 16.6. The maximum atomic E-state index is 13.5. The van der Waals surface area contributed by atoms with Crippen LogP contribution in [-0.4, -0.2) is 36.1 Å². The van der Waals surface area contributed by atoms with Gasteiger partial charge in [0.2, 0.25) is 0 Å². The van der Waals surface area contributed by atoms with Crippen LogP contribution in [0.5, 0.6) is 5.75 Å². The summed E-state index contributed by atoms with van der Waals surface area (Å²) >= 11 is 0. The Morgan fingerprint density at radius 2 is 1.94 bits per heavy atom. The van der Waals surface area contributed by atoms with E-state index in [1.54, 1.807) is 23.5 Å². The standard InChI is InChI=1S/C24H25N3O4/c1-24(2,3)31-23(29)26-27-11-9-15-12-19(21(30-4)13-20(15)27)22(28)18-7-5-6-16-14-25-10-8-17(16)18/h5-8,10,12-14H,9,11H2,1-4H3,(H,26,29). The van der Waals surface area contributed by atoms with Crippen LogP contribution >= 0.6 is 0 Å². The Kier molecular flexibility index (Phi) is 5.27. The first kappa shape index (κ1) is 20.7. The predicted molar refractivity (Wildman–Crippen MR) is 119 cm³/mol. The highest BCUT2D eigenvalue weighted by molar-refractivity contribution is 6.17. The van der Waals surface area contributed by atoms with E-state index in [9.17, 15) is 9.59 Å². The smallest absolute Gasteiger partial charge is 0.426 e. The maximum Gasteiger partial charge on any atom is 0.426 e. The molecule has 3 aromatic rings. The van der Waals surface area contributed by atoms with Gasteiger partial charge in [0.15, 0.2) is 5.78 Å². The number of methoxy groups -OCH3 is 1. The molecule has 0 aliphatic carbocycles. The highest BCUT2D eigenvalue weighted by Crippen LogP contribution is 2.35. The Labute approximate surface area is 180 Å². The van der Waals surface area contributed by atoms with Crippen LogP contribution in [0.3, 0.4) is 0 Å². The number of carbonyl (C=O) groups excluding carboxylic acids is 2. The van der Waals surface area contributed by atoms with E-state index >= 15 is 0 Å². The molecule has 1 aliphatic rings. The summed E-state index contributed by atoms with van der Waals surface area (Å²) in [5.74, 6) is 0.336. The topological polar surface area (TPSA) is 80.8 Å². The monoisotopic (exact) mass is 419 g/mol. The van der Waals surface area contributed by atoms with Crippen LogP contribution in [0, 0.1) is 0 Å². The van der Waals surface area contributed by atoms with Gasteiger partial charge in [-0.25, -0.2) is 10.2 Å². The number of nitrogens with zero attached hydrogens (tertiary/aromatic N) is 2. The minimum absolute atomic E-state index is 0.116. The maximum absolute atomic E-state index is 13.5. The molecule has 4 rings (SSSR count). The number of pyridine rings is 1. The molecule has 0 bridgehead atoms. The normalized spacial score (nSPS) is 13.1. The second-order valence-corrected chi connectivity index (χ2v) is 8.43. The molecule has 0 atom stereocenters. The molecule has 0 radical (unpaired) electrons. The Hall–Kier alpha value is -3.61. The van der Waals surface area contributed by atoms with E-state index < -0.39 is 11.7 Å². The summed E-state index contributed by atoms with van der Waals surface area (Å²) in [6.45, 7) is 6.02. The molecule has 7 heteroatoms. The molecule has 0 spiro atoms. The molecule has 1 amide bonds. The van der Waals surface area contributed by atoms with Gasteiger partial charge in [-0.3, -0.25) is 14.8 Å². The van der Waals surface area contributed by atoms with Crippen molar-refractivity contribution in [3.63, 3.8) is 0 Å². The number of anilines is 1. The zero-order chi connectivity index (χ0) is 22.2. The van der Waals surface area contributed by atoms with Crippen molar-refractivity contribution in [3.8, 4) is 5.75 Å². The number of hydrazine groups is 1. The molecule has 0 saturated carbocycles. The van der Waals surface area contributed by atoms with Crippen molar-refractivity contribution in [1.29, 1.82) is 0 Å². The average Bonchev–Trinajstić information content (AvgIpc) is 3.12. The van der Waals surface area contributed by atoms with Crippen LogP contribution in [-0.2, 0) is 11.2 Å². The first-order chi connectivity index (χ1) is 14.8. The molecule has 0 unspecified atom stereocenters. The van der Waals surface area contributed by atoms with Crippen LogP contribution in [0.4, 0.5) is 10.5 Å². The first-order valence-electron chi connectivity index (χ1n) is 10.1. The number of ketones is 1. The summed E-state index contributed by atoms with van der Waals surface area (Å²) in [6, 6.07) is 11.1. The molecule has 31 heavy (non-hydrogen) atoms. The molecule has 2 heterocycles. The molecular weight excluding hydrogens is 394 g/mol. The minimum Gasteiger partial charge on any atom is -0.496 e. The summed E-state index contributed by atoms with van der Waals surface area (Å²) in [7, 11) is 1.53. The van der Waals surface area contributed by atoms with E-state index in [0.29, 0.717) is 29.8 Å². The van der Waals surface area contributed by atoms with Crippen LogP contribution in [0.1, 0.15) is 42.3 Å². The third kappa shape index (κ3) is 4.17. The average molecular weight is 419 g/mol. The molecule has 160 valence electrons. The van der Waals surface area contributed by atoms with E-state index in [2.05, 4.69) is 10.4 Å². The van der Waals surface area contributed by atoms with Gasteiger partial charge in [0.25, 0.3) is 0 Å². The van der Waals surface area contributed by atoms with Crippen LogP contribution < -0.4 is 15.2 Å². The number of benzene rings is 2. The Bertz CT molecular complexity index is 1160. The largest absolute Gasteiger partial charge is 0.496 e. The van der Waals surface area contributed by atoms with Crippen molar-refractivity contribution >= 4 is 28.3 Å². The molecule has 0 saturated heterocycles. The Balaban J connectivity index is 1.67. The van der Waals surface area contributed by atoms with Gasteiger partial charge >= 0.3 is 6.09 Å². The number of nitrogens with one attached hydrogen (secondary N) is 1. The summed E-state index contributed by atoms with van der Waals surface area (Å²) < 4.78 is 10.9. The number of fused-ring (bicyclic) bond motifs is 2. The fraction of sp³-hybridized carbons (Fsp3) is 0.292. The Morgan fingerprint density at radius 1 is 1.13 bits per heavy atom. The fourth-order valence-electron chi connectivity index (χ4n) is 3.76. The second-order valence-electron chi connectivity index (χ2n) is 8.43. The molecule has 7 nitrogen and oxygen atoms in total. The zero-order valence-electron chi connectivity index (χ0n) is 18.1. The number of amides is 1. The van der Waals surface area contributed by atoms with Gasteiger partial charge in [-0.2, -0.15) is 0 Å². The Morgan fingerprint density at radius 3 is 2.68 bits per heavy atom. The third-order valence-electron chi connectivity index (χ3n) is 5.09. The van der Waals surface area contributed by atoms with Gasteiger partial charge in [-0.1, -0.05) is 18.2 Å². The number of rotatable bonds is 4. The number of hydrogen-bond donors (Lipinski definition) is 1. The first-order valence-corrected chi connectivity index (χ1v) is 10.1. The number of aromatic nitrogens is 1. The van der Waals surface area contributed by atoms with Gasteiger partial charge in [-0.15, -0.1) is 0 Å². The van der Waals surface area contributed by atoms with E-state index in [1.165, 1.54) is 7.11 Å². The van der Waals surface area contributed by atoms with Gasteiger partial charge in [0.05, 0.1) is 18.4 Å². The lowest BCUT2D eigenvalue weighted by Crippen LogP contribution is -2.44. The van der Waals surface area contributed by atoms with Gasteiger partial charge in [0.1, 0.15) is 11.4 Å². The lowest BCUT2D eigenvalue weighted by molar-refractivity contribution is 0.0522.